The highest BCUT2D eigenvalue weighted by molar-refractivity contribution is 6.96. The van der Waals surface area contributed by atoms with Gasteiger partial charge in [0.05, 0.1) is 0 Å². The van der Waals surface area contributed by atoms with Gasteiger partial charge in [-0.05, 0) is 74.7 Å². The summed E-state index contributed by atoms with van der Waals surface area (Å²) in [5, 5.41) is 0. The van der Waals surface area contributed by atoms with E-state index in [1.807, 2.05) is 0 Å². The monoisotopic (exact) mass is 480 g/mol. The number of rotatable bonds is 4. The molecule has 0 aromatic heterocycles. The molecule has 5 rings (SSSR count). The van der Waals surface area contributed by atoms with E-state index >= 15 is 0 Å². The topological polar surface area (TPSA) is 13.0 Å². The predicted molar refractivity (Wildman–Crippen MR) is 151 cm³/mol. The van der Waals surface area contributed by atoms with Crippen LogP contribution in [0.25, 0.3) is 0 Å². The largest absolute Gasteiger partial charge is 0.297 e. The first-order valence-corrected chi connectivity index (χ1v) is 17.6. The number of benzene rings is 4. The zero-order chi connectivity index (χ0) is 23.8. The predicted octanol–water partition coefficient (Wildman–Crippen LogP) is 7.26. The van der Waals surface area contributed by atoms with Crippen molar-refractivity contribution in [3.05, 3.63) is 121 Å². The first-order chi connectivity index (χ1) is 16.4. The highest BCUT2D eigenvalue weighted by Crippen LogP contribution is 2.44. The summed E-state index contributed by atoms with van der Waals surface area (Å²) < 4.78 is 10.5. The van der Waals surface area contributed by atoms with Crippen molar-refractivity contribution < 1.29 is 0 Å². The molecule has 0 amide bonds. The SMILES string of the molecule is C[Si]1(C)N(c2ccccc2)N(c2ccccc2)[Si](C)(C)N(c2ccccc2)N1c1ccccc1. The van der Waals surface area contributed by atoms with Crippen molar-refractivity contribution in [2.75, 3.05) is 18.7 Å². The van der Waals surface area contributed by atoms with E-state index in [0.29, 0.717) is 0 Å². The van der Waals surface area contributed by atoms with Gasteiger partial charge in [0.1, 0.15) is 0 Å². The Balaban J connectivity index is 1.81. The Bertz CT molecular complexity index is 1020. The van der Waals surface area contributed by atoms with Gasteiger partial charge in [-0.2, -0.15) is 0 Å². The molecule has 1 aliphatic rings. The Kier molecular flexibility index (Phi) is 5.71. The van der Waals surface area contributed by atoms with Crippen LogP contribution in [-0.2, 0) is 0 Å². The molecule has 0 saturated carbocycles. The quantitative estimate of drug-likeness (QED) is 0.285. The number of hydrogen-bond acceptors (Lipinski definition) is 4. The molecule has 0 N–H and O–H groups in total. The van der Waals surface area contributed by atoms with Gasteiger partial charge < -0.3 is 0 Å². The molecule has 0 spiro atoms. The maximum Gasteiger partial charge on any atom is 0.297 e. The summed E-state index contributed by atoms with van der Waals surface area (Å²) in [4.78, 5) is 0. The number of nitrogens with zero attached hydrogens (tertiary/aromatic N) is 4. The van der Waals surface area contributed by atoms with Crippen molar-refractivity contribution >= 4 is 39.5 Å². The normalized spacial score (nSPS) is 17.1. The lowest BCUT2D eigenvalue weighted by Crippen LogP contribution is -2.88. The molecular formula is C28H32N4Si2. The van der Waals surface area contributed by atoms with Crippen LogP contribution < -0.4 is 18.7 Å². The number of anilines is 4. The van der Waals surface area contributed by atoms with Crippen LogP contribution in [0.4, 0.5) is 22.7 Å². The van der Waals surface area contributed by atoms with Crippen molar-refractivity contribution in [2.45, 2.75) is 26.2 Å². The molecule has 0 atom stereocenters. The average Bonchev–Trinajstić information content (AvgIpc) is 2.86. The summed E-state index contributed by atoms with van der Waals surface area (Å²) in [6.45, 7) is 9.79. The standard InChI is InChI=1S/C28H32N4Si2/c1-33(2)29(25-17-9-5-10-18-25)31(27-21-13-7-14-22-27)34(3,4)32(28-23-15-8-16-24-28)30(33)26-19-11-6-12-20-26/h5-24H,1-4H3. The second-order valence-electron chi connectivity index (χ2n) is 9.58. The third kappa shape index (κ3) is 3.69. The Hall–Kier alpha value is -3.49. The van der Waals surface area contributed by atoms with E-state index in [-0.39, 0.29) is 0 Å². The molecule has 172 valence electrons. The summed E-state index contributed by atoms with van der Waals surface area (Å²) in [5.41, 5.74) is 4.93. The number of hydrazine groups is 2. The van der Waals surface area contributed by atoms with E-state index in [4.69, 9.17) is 0 Å². The number of para-hydroxylation sites is 4. The number of hydrogen-bond donors (Lipinski definition) is 0. The lowest BCUT2D eigenvalue weighted by molar-refractivity contribution is 0.894. The summed E-state index contributed by atoms with van der Waals surface area (Å²) in [6.07, 6.45) is 0. The Morgan fingerprint density at radius 3 is 0.676 bits per heavy atom. The Labute approximate surface area is 205 Å². The zero-order valence-electron chi connectivity index (χ0n) is 20.3. The van der Waals surface area contributed by atoms with Crippen LogP contribution in [0.5, 0.6) is 0 Å². The fourth-order valence-electron chi connectivity index (χ4n) is 5.16. The van der Waals surface area contributed by atoms with E-state index < -0.39 is 16.8 Å². The molecule has 1 heterocycles. The van der Waals surface area contributed by atoms with Crippen LogP contribution in [0.15, 0.2) is 121 Å². The molecule has 1 fully saturated rings. The lowest BCUT2D eigenvalue weighted by Gasteiger charge is -2.67. The summed E-state index contributed by atoms with van der Waals surface area (Å²) in [6, 6.07) is 43.5. The van der Waals surface area contributed by atoms with Crippen LogP contribution >= 0.6 is 0 Å². The van der Waals surface area contributed by atoms with Gasteiger partial charge in [-0.15, -0.1) is 0 Å². The van der Waals surface area contributed by atoms with Crippen molar-refractivity contribution in [3.63, 3.8) is 0 Å². The van der Waals surface area contributed by atoms with Gasteiger partial charge in [0, 0.05) is 22.7 Å². The maximum atomic E-state index is 2.63. The molecular weight excluding hydrogens is 449 g/mol. The highest BCUT2D eigenvalue weighted by Gasteiger charge is 2.58. The van der Waals surface area contributed by atoms with Crippen LogP contribution in [0.1, 0.15) is 0 Å². The van der Waals surface area contributed by atoms with E-state index in [1.165, 1.54) is 22.7 Å². The third-order valence-electron chi connectivity index (χ3n) is 6.48. The van der Waals surface area contributed by atoms with Crippen LogP contribution in [0.3, 0.4) is 0 Å². The van der Waals surface area contributed by atoms with Crippen molar-refractivity contribution in [1.29, 1.82) is 0 Å². The molecule has 4 nitrogen and oxygen atoms in total. The molecule has 0 bridgehead atoms. The van der Waals surface area contributed by atoms with Crippen molar-refractivity contribution in [2.24, 2.45) is 0 Å². The van der Waals surface area contributed by atoms with Crippen molar-refractivity contribution in [1.82, 2.24) is 0 Å². The van der Waals surface area contributed by atoms with Gasteiger partial charge in [-0.25, -0.2) is 0 Å². The fourth-order valence-corrected chi connectivity index (χ4v) is 14.0. The van der Waals surface area contributed by atoms with E-state index in [2.05, 4.69) is 166 Å². The molecule has 0 aliphatic carbocycles. The molecule has 1 saturated heterocycles. The first-order valence-electron chi connectivity index (χ1n) is 11.8. The molecule has 4 aromatic carbocycles. The first kappa shape index (κ1) is 22.3. The van der Waals surface area contributed by atoms with Gasteiger partial charge in [0.25, 0.3) is 16.8 Å². The molecule has 34 heavy (non-hydrogen) atoms. The zero-order valence-corrected chi connectivity index (χ0v) is 22.3. The van der Waals surface area contributed by atoms with Gasteiger partial charge in [0.2, 0.25) is 0 Å². The van der Waals surface area contributed by atoms with Crippen LogP contribution in [-0.4, -0.2) is 16.8 Å². The maximum absolute atomic E-state index is 2.63. The van der Waals surface area contributed by atoms with Gasteiger partial charge in [-0.1, -0.05) is 72.8 Å². The molecule has 0 unspecified atom stereocenters. The lowest BCUT2D eigenvalue weighted by atomic mass is 10.3. The van der Waals surface area contributed by atoms with Gasteiger partial charge >= 0.3 is 0 Å². The fraction of sp³-hybridized carbons (Fsp3) is 0.143. The van der Waals surface area contributed by atoms with E-state index in [1.54, 1.807) is 0 Å². The van der Waals surface area contributed by atoms with Gasteiger partial charge in [-0.3, -0.25) is 18.7 Å². The summed E-state index contributed by atoms with van der Waals surface area (Å²) >= 11 is 0. The van der Waals surface area contributed by atoms with Crippen molar-refractivity contribution in [3.8, 4) is 0 Å². The molecule has 1 aliphatic heterocycles. The van der Waals surface area contributed by atoms with E-state index in [9.17, 15) is 0 Å². The highest BCUT2D eigenvalue weighted by atomic mass is 28.4. The average molecular weight is 481 g/mol. The van der Waals surface area contributed by atoms with Crippen LogP contribution in [0.2, 0.25) is 26.2 Å². The third-order valence-corrected chi connectivity index (χ3v) is 12.9. The van der Waals surface area contributed by atoms with E-state index in [0.717, 1.165) is 0 Å². The minimum Gasteiger partial charge on any atom is -0.296 e. The Morgan fingerprint density at radius 2 is 0.500 bits per heavy atom. The smallest absolute Gasteiger partial charge is 0.296 e. The van der Waals surface area contributed by atoms with Gasteiger partial charge in [0.15, 0.2) is 0 Å². The summed E-state index contributed by atoms with van der Waals surface area (Å²) in [7, 11) is -4.72. The Morgan fingerprint density at radius 1 is 0.324 bits per heavy atom. The summed E-state index contributed by atoms with van der Waals surface area (Å²) in [5.74, 6) is 0. The van der Waals surface area contributed by atoms with Crippen LogP contribution in [0, 0.1) is 0 Å². The minimum atomic E-state index is -2.36. The minimum absolute atomic E-state index is 1.23. The second kappa shape index (κ2) is 8.70. The molecule has 4 aromatic rings. The molecule has 0 radical (unpaired) electrons. The molecule has 6 heteroatoms. The second-order valence-corrected chi connectivity index (χ2v) is 17.3.